The fraction of sp³-hybridized carbons (Fsp3) is 0.562. The van der Waals surface area contributed by atoms with E-state index in [1.165, 1.54) is 11.1 Å². The Morgan fingerprint density at radius 1 is 1.35 bits per heavy atom. The van der Waals surface area contributed by atoms with Crippen LogP contribution in [0.1, 0.15) is 24.5 Å². The molecule has 0 spiro atoms. The Bertz CT molecular complexity index is 464. The standard InChI is InChI=1S/C16H24N2O.ClH/c1-16(15(19)18(3)11-10-17-2)9-8-13-6-4-5-7-14(13)12-16;/h4-7,17H,8-12H2,1-3H3;1H. The molecule has 0 saturated carbocycles. The van der Waals surface area contributed by atoms with Crippen molar-refractivity contribution in [1.29, 1.82) is 0 Å². The highest BCUT2D eigenvalue weighted by Crippen LogP contribution is 2.36. The van der Waals surface area contributed by atoms with Crippen LogP contribution < -0.4 is 5.32 Å². The summed E-state index contributed by atoms with van der Waals surface area (Å²) in [5.41, 5.74) is 2.51. The van der Waals surface area contributed by atoms with Gasteiger partial charge in [-0.25, -0.2) is 0 Å². The third-order valence-corrected chi connectivity index (χ3v) is 4.21. The molecular formula is C16H25ClN2O. The molecule has 112 valence electrons. The molecule has 0 aliphatic heterocycles. The van der Waals surface area contributed by atoms with Gasteiger partial charge in [-0.15, -0.1) is 12.4 Å². The lowest BCUT2D eigenvalue weighted by molar-refractivity contribution is -0.140. The van der Waals surface area contributed by atoms with Crippen molar-refractivity contribution in [3.8, 4) is 0 Å². The molecular weight excluding hydrogens is 272 g/mol. The number of benzene rings is 1. The highest BCUT2D eigenvalue weighted by Gasteiger charge is 2.38. The molecule has 1 atom stereocenters. The normalized spacial score (nSPS) is 20.8. The summed E-state index contributed by atoms with van der Waals surface area (Å²) in [6, 6.07) is 8.50. The molecule has 0 heterocycles. The summed E-state index contributed by atoms with van der Waals surface area (Å²) in [5, 5.41) is 3.09. The molecule has 20 heavy (non-hydrogen) atoms. The summed E-state index contributed by atoms with van der Waals surface area (Å²) in [5.74, 6) is 0.275. The van der Waals surface area contributed by atoms with E-state index in [-0.39, 0.29) is 23.7 Å². The van der Waals surface area contributed by atoms with Crippen molar-refractivity contribution in [2.24, 2.45) is 5.41 Å². The van der Waals surface area contributed by atoms with E-state index in [0.717, 1.165) is 32.4 Å². The van der Waals surface area contributed by atoms with Gasteiger partial charge in [0.15, 0.2) is 0 Å². The molecule has 1 N–H and O–H groups in total. The van der Waals surface area contributed by atoms with E-state index >= 15 is 0 Å². The second-order valence-corrected chi connectivity index (χ2v) is 5.84. The van der Waals surface area contributed by atoms with Gasteiger partial charge in [0.2, 0.25) is 5.91 Å². The smallest absolute Gasteiger partial charge is 0.228 e. The highest BCUT2D eigenvalue weighted by atomic mass is 35.5. The van der Waals surface area contributed by atoms with Crippen LogP contribution >= 0.6 is 12.4 Å². The minimum absolute atomic E-state index is 0. The molecule has 1 unspecified atom stereocenters. The third kappa shape index (κ3) is 3.53. The predicted molar refractivity (Wildman–Crippen MR) is 85.4 cm³/mol. The van der Waals surface area contributed by atoms with E-state index < -0.39 is 0 Å². The lowest BCUT2D eigenvalue weighted by Gasteiger charge is -2.36. The van der Waals surface area contributed by atoms with Crippen LogP contribution in [0.5, 0.6) is 0 Å². The van der Waals surface area contributed by atoms with Crippen molar-refractivity contribution in [2.45, 2.75) is 26.2 Å². The maximum Gasteiger partial charge on any atom is 0.228 e. The van der Waals surface area contributed by atoms with Gasteiger partial charge in [-0.3, -0.25) is 4.79 Å². The van der Waals surface area contributed by atoms with Crippen LogP contribution in [-0.2, 0) is 17.6 Å². The van der Waals surface area contributed by atoms with Crippen molar-refractivity contribution in [3.63, 3.8) is 0 Å². The maximum atomic E-state index is 12.6. The van der Waals surface area contributed by atoms with Gasteiger partial charge in [-0.1, -0.05) is 31.2 Å². The van der Waals surface area contributed by atoms with Gasteiger partial charge in [-0.2, -0.15) is 0 Å². The van der Waals surface area contributed by atoms with Gasteiger partial charge in [0.1, 0.15) is 0 Å². The van der Waals surface area contributed by atoms with E-state index in [2.05, 4.69) is 36.5 Å². The number of fused-ring (bicyclic) bond motifs is 1. The molecule has 0 radical (unpaired) electrons. The Morgan fingerprint density at radius 2 is 2.00 bits per heavy atom. The number of carbonyl (C=O) groups is 1. The summed E-state index contributed by atoms with van der Waals surface area (Å²) >= 11 is 0. The average Bonchev–Trinajstić information content (AvgIpc) is 2.43. The van der Waals surface area contributed by atoms with Crippen molar-refractivity contribution in [1.82, 2.24) is 10.2 Å². The van der Waals surface area contributed by atoms with Gasteiger partial charge in [0.05, 0.1) is 5.41 Å². The van der Waals surface area contributed by atoms with Crippen LogP contribution in [-0.4, -0.2) is 38.0 Å². The Labute approximate surface area is 128 Å². The summed E-state index contributed by atoms with van der Waals surface area (Å²) in [6.07, 6.45) is 2.83. The van der Waals surface area contributed by atoms with Crippen LogP contribution in [0.3, 0.4) is 0 Å². The fourth-order valence-corrected chi connectivity index (χ4v) is 2.92. The van der Waals surface area contributed by atoms with E-state index in [1.54, 1.807) is 0 Å². The zero-order valence-corrected chi connectivity index (χ0v) is 13.4. The molecule has 0 fully saturated rings. The van der Waals surface area contributed by atoms with Gasteiger partial charge < -0.3 is 10.2 Å². The maximum absolute atomic E-state index is 12.6. The van der Waals surface area contributed by atoms with Crippen LogP contribution in [0.4, 0.5) is 0 Å². The number of hydrogen-bond donors (Lipinski definition) is 1. The third-order valence-electron chi connectivity index (χ3n) is 4.21. The zero-order chi connectivity index (χ0) is 13.9. The van der Waals surface area contributed by atoms with Crippen LogP contribution in [0.2, 0.25) is 0 Å². The first-order valence-corrected chi connectivity index (χ1v) is 7.04. The summed E-state index contributed by atoms with van der Waals surface area (Å²) in [7, 11) is 3.82. The number of nitrogens with one attached hydrogen (secondary N) is 1. The van der Waals surface area contributed by atoms with Crippen molar-refractivity contribution in [3.05, 3.63) is 35.4 Å². The van der Waals surface area contributed by atoms with Crippen molar-refractivity contribution < 1.29 is 4.79 Å². The van der Waals surface area contributed by atoms with Crippen molar-refractivity contribution in [2.75, 3.05) is 27.2 Å². The summed E-state index contributed by atoms with van der Waals surface area (Å²) in [6.45, 7) is 3.72. The molecule has 3 nitrogen and oxygen atoms in total. The summed E-state index contributed by atoms with van der Waals surface area (Å²) < 4.78 is 0. The van der Waals surface area contributed by atoms with Gasteiger partial charge in [0, 0.05) is 20.1 Å². The molecule has 0 bridgehead atoms. The number of halogens is 1. The Morgan fingerprint density at radius 3 is 2.65 bits per heavy atom. The second kappa shape index (κ2) is 7.09. The number of likely N-dealkylation sites (N-methyl/N-ethyl adjacent to an activating group) is 2. The van der Waals surface area contributed by atoms with Gasteiger partial charge in [0.25, 0.3) is 0 Å². The molecule has 0 aromatic heterocycles. The SMILES string of the molecule is CNCCN(C)C(=O)C1(C)CCc2ccccc2C1.Cl. The number of hydrogen-bond acceptors (Lipinski definition) is 2. The zero-order valence-electron chi connectivity index (χ0n) is 12.6. The first kappa shape index (κ1) is 17.0. The molecule has 4 heteroatoms. The second-order valence-electron chi connectivity index (χ2n) is 5.84. The molecule has 1 aromatic rings. The molecule has 0 saturated heterocycles. The van der Waals surface area contributed by atoms with Crippen LogP contribution in [0.25, 0.3) is 0 Å². The van der Waals surface area contributed by atoms with Crippen LogP contribution in [0.15, 0.2) is 24.3 Å². The number of nitrogens with zero attached hydrogens (tertiary/aromatic N) is 1. The number of rotatable bonds is 4. The summed E-state index contributed by atoms with van der Waals surface area (Å²) in [4.78, 5) is 14.5. The first-order chi connectivity index (χ1) is 9.07. The lowest BCUT2D eigenvalue weighted by atomic mass is 9.72. The Balaban J connectivity index is 0.00000200. The van der Waals surface area contributed by atoms with Gasteiger partial charge >= 0.3 is 0 Å². The average molecular weight is 297 g/mol. The van der Waals surface area contributed by atoms with Crippen LogP contribution in [0, 0.1) is 5.41 Å². The fourth-order valence-electron chi connectivity index (χ4n) is 2.92. The largest absolute Gasteiger partial charge is 0.344 e. The Hall–Kier alpha value is -1.06. The minimum atomic E-state index is -0.239. The quantitative estimate of drug-likeness (QED) is 0.924. The topological polar surface area (TPSA) is 32.3 Å². The van der Waals surface area contributed by atoms with Gasteiger partial charge in [-0.05, 0) is 37.4 Å². The highest BCUT2D eigenvalue weighted by molar-refractivity contribution is 5.85. The van der Waals surface area contributed by atoms with E-state index in [0.29, 0.717) is 0 Å². The van der Waals surface area contributed by atoms with Crippen molar-refractivity contribution >= 4 is 18.3 Å². The molecule has 1 aliphatic rings. The van der Waals surface area contributed by atoms with E-state index in [4.69, 9.17) is 0 Å². The number of carbonyl (C=O) groups excluding carboxylic acids is 1. The minimum Gasteiger partial charge on any atom is -0.344 e. The molecule has 1 amide bonds. The van der Waals surface area contributed by atoms with E-state index in [1.807, 2.05) is 19.0 Å². The molecule has 1 aromatic carbocycles. The monoisotopic (exact) mass is 296 g/mol. The number of amides is 1. The Kier molecular flexibility index (Phi) is 6.03. The molecule has 2 rings (SSSR count). The predicted octanol–water partition coefficient (Wildman–Crippen LogP) is 2.28. The van der Waals surface area contributed by atoms with E-state index in [9.17, 15) is 4.79 Å². The number of aryl methyl sites for hydroxylation is 1. The lowest BCUT2D eigenvalue weighted by Crippen LogP contribution is -2.45. The first-order valence-electron chi connectivity index (χ1n) is 7.04. The molecule has 1 aliphatic carbocycles.